The Morgan fingerprint density at radius 2 is 1.93 bits per heavy atom. The molecule has 144 valence electrons. The van der Waals surface area contributed by atoms with Crippen LogP contribution in [0.4, 0.5) is 0 Å². The van der Waals surface area contributed by atoms with Gasteiger partial charge >= 0.3 is 0 Å². The molecule has 1 unspecified atom stereocenters. The Hall–Kier alpha value is -2.91. The van der Waals surface area contributed by atoms with Gasteiger partial charge in [-0.15, -0.1) is 0 Å². The number of allylic oxidation sites excluding steroid dienone is 1. The molecule has 0 saturated heterocycles. The van der Waals surface area contributed by atoms with Crippen LogP contribution in [-0.2, 0) is 0 Å². The first-order valence-corrected chi connectivity index (χ1v) is 9.74. The topological polar surface area (TPSA) is 42.4 Å². The fourth-order valence-electron chi connectivity index (χ4n) is 3.04. The molecular formula is C25H27NO2. The highest BCUT2D eigenvalue weighted by Crippen LogP contribution is 2.25. The third-order valence-corrected chi connectivity index (χ3v) is 4.57. The largest absolute Gasteiger partial charge is 0.490 e. The summed E-state index contributed by atoms with van der Waals surface area (Å²) in [6.45, 7) is 6.00. The zero-order valence-corrected chi connectivity index (χ0v) is 16.3. The summed E-state index contributed by atoms with van der Waals surface area (Å²) >= 11 is 0. The van der Waals surface area contributed by atoms with Gasteiger partial charge in [-0.2, -0.15) is 0 Å². The fraction of sp³-hybridized carbons (Fsp3) is 0.240. The van der Waals surface area contributed by atoms with E-state index >= 15 is 0 Å². The van der Waals surface area contributed by atoms with Gasteiger partial charge in [-0.1, -0.05) is 55.1 Å². The molecule has 2 aromatic carbocycles. The number of ether oxygens (including phenoxy) is 1. The molecule has 3 rings (SSSR count). The number of hydrogen-bond donors (Lipinski definition) is 1. The molecule has 28 heavy (non-hydrogen) atoms. The molecule has 0 aliphatic carbocycles. The molecule has 1 N–H and O–H groups in total. The Morgan fingerprint density at radius 1 is 1.11 bits per heavy atom. The van der Waals surface area contributed by atoms with Gasteiger partial charge in [0.1, 0.15) is 12.4 Å². The summed E-state index contributed by atoms with van der Waals surface area (Å²) in [4.78, 5) is 4.61. The second kappa shape index (κ2) is 9.86. The molecule has 3 aromatic rings. The number of aromatic nitrogens is 1. The fourth-order valence-corrected chi connectivity index (χ4v) is 3.04. The predicted octanol–water partition coefficient (Wildman–Crippen LogP) is 6.03. The number of fused-ring (bicyclic) bond motifs is 1. The summed E-state index contributed by atoms with van der Waals surface area (Å²) in [5.74, 6) is 0.825. The highest BCUT2D eigenvalue weighted by atomic mass is 16.5. The molecule has 0 spiro atoms. The number of aliphatic hydroxyl groups excluding tert-OH is 1. The lowest BCUT2D eigenvalue weighted by Crippen LogP contribution is -1.97. The summed E-state index contributed by atoms with van der Waals surface area (Å²) in [5.41, 5.74) is 3.23. The lowest BCUT2D eigenvalue weighted by molar-refractivity contribution is 0.182. The molecule has 0 amide bonds. The summed E-state index contributed by atoms with van der Waals surface area (Å²) in [6.07, 6.45) is 10.5. The van der Waals surface area contributed by atoms with E-state index < -0.39 is 0 Å². The molecule has 3 heteroatoms. The summed E-state index contributed by atoms with van der Waals surface area (Å²) in [6, 6.07) is 16.6. The van der Waals surface area contributed by atoms with Crippen molar-refractivity contribution in [3.8, 4) is 17.0 Å². The molecule has 3 nitrogen and oxygen atoms in total. The molecule has 0 aliphatic heterocycles. The SMILES string of the molecule is C=CCOc1ccc2cc(-c3ccc(/C=C/CCCC(C)O)cc3)ncc2c1. The van der Waals surface area contributed by atoms with Crippen molar-refractivity contribution >= 4 is 16.8 Å². The van der Waals surface area contributed by atoms with E-state index in [-0.39, 0.29) is 6.10 Å². The molecule has 0 fully saturated rings. The lowest BCUT2D eigenvalue weighted by Gasteiger charge is -2.07. The molecule has 0 saturated carbocycles. The van der Waals surface area contributed by atoms with E-state index in [1.54, 1.807) is 6.08 Å². The van der Waals surface area contributed by atoms with E-state index in [9.17, 15) is 5.11 Å². The number of aliphatic hydroxyl groups is 1. The van der Waals surface area contributed by atoms with Crippen LogP contribution in [0.5, 0.6) is 5.75 Å². The minimum absolute atomic E-state index is 0.214. The van der Waals surface area contributed by atoms with Crippen LogP contribution < -0.4 is 4.74 Å². The first kappa shape index (κ1) is 19.8. The summed E-state index contributed by atoms with van der Waals surface area (Å²) < 4.78 is 5.59. The van der Waals surface area contributed by atoms with Crippen molar-refractivity contribution in [1.82, 2.24) is 4.98 Å². The molecular weight excluding hydrogens is 346 g/mol. The Labute approximate surface area is 167 Å². The minimum Gasteiger partial charge on any atom is -0.490 e. The van der Waals surface area contributed by atoms with Gasteiger partial charge in [0.15, 0.2) is 0 Å². The first-order valence-electron chi connectivity index (χ1n) is 9.74. The number of unbranched alkanes of at least 4 members (excludes halogenated alkanes) is 1. The normalized spacial score (nSPS) is 12.4. The van der Waals surface area contributed by atoms with Gasteiger partial charge in [0, 0.05) is 17.1 Å². The maximum atomic E-state index is 9.28. The predicted molar refractivity (Wildman–Crippen MR) is 117 cm³/mol. The van der Waals surface area contributed by atoms with Crippen molar-refractivity contribution < 1.29 is 9.84 Å². The molecule has 0 aliphatic rings. The van der Waals surface area contributed by atoms with E-state index in [0.717, 1.165) is 47.0 Å². The van der Waals surface area contributed by atoms with Crippen LogP contribution in [-0.4, -0.2) is 22.8 Å². The molecule has 1 heterocycles. The van der Waals surface area contributed by atoms with Gasteiger partial charge in [0.2, 0.25) is 0 Å². The van der Waals surface area contributed by atoms with Crippen LogP contribution in [0.1, 0.15) is 31.7 Å². The van der Waals surface area contributed by atoms with Crippen LogP contribution in [0.2, 0.25) is 0 Å². The van der Waals surface area contributed by atoms with Crippen LogP contribution in [0, 0.1) is 0 Å². The Bertz CT molecular complexity index is 942. The van der Waals surface area contributed by atoms with Crippen molar-refractivity contribution in [2.24, 2.45) is 0 Å². The number of benzene rings is 2. The third kappa shape index (κ3) is 5.54. The summed E-state index contributed by atoms with van der Waals surface area (Å²) in [7, 11) is 0. The number of pyridine rings is 1. The van der Waals surface area contributed by atoms with Crippen LogP contribution in [0.3, 0.4) is 0 Å². The van der Waals surface area contributed by atoms with Crippen molar-refractivity contribution in [1.29, 1.82) is 0 Å². The molecule has 1 aromatic heterocycles. The van der Waals surface area contributed by atoms with E-state index in [4.69, 9.17) is 4.74 Å². The van der Waals surface area contributed by atoms with Gasteiger partial charge < -0.3 is 9.84 Å². The molecule has 1 atom stereocenters. The standard InChI is InChI=1S/C25H27NO2/c1-3-15-28-24-14-13-22-17-25(26-18-23(22)16-24)21-11-9-20(10-12-21)8-6-4-5-7-19(2)27/h3,6,8-14,16-19,27H,1,4-5,7,15H2,2H3/b8-6+. The van der Waals surface area contributed by atoms with Gasteiger partial charge in [-0.05, 0) is 55.3 Å². The third-order valence-electron chi connectivity index (χ3n) is 4.57. The highest BCUT2D eigenvalue weighted by molar-refractivity contribution is 5.86. The van der Waals surface area contributed by atoms with Crippen molar-refractivity contribution in [3.63, 3.8) is 0 Å². The minimum atomic E-state index is -0.214. The van der Waals surface area contributed by atoms with Gasteiger partial charge in [-0.3, -0.25) is 4.98 Å². The quantitative estimate of drug-likeness (QED) is 0.368. The second-order valence-electron chi connectivity index (χ2n) is 6.98. The van der Waals surface area contributed by atoms with E-state index in [2.05, 4.69) is 60.1 Å². The van der Waals surface area contributed by atoms with Crippen molar-refractivity contribution in [2.75, 3.05) is 6.61 Å². The van der Waals surface area contributed by atoms with Gasteiger partial charge in [0.05, 0.1) is 11.8 Å². The highest BCUT2D eigenvalue weighted by Gasteiger charge is 2.03. The number of rotatable bonds is 9. The van der Waals surface area contributed by atoms with Gasteiger partial charge in [-0.25, -0.2) is 0 Å². The van der Waals surface area contributed by atoms with Crippen LogP contribution in [0.15, 0.2) is 73.5 Å². The van der Waals surface area contributed by atoms with E-state index in [1.807, 2.05) is 25.3 Å². The number of nitrogens with zero attached hydrogens (tertiary/aromatic N) is 1. The van der Waals surface area contributed by atoms with Crippen LogP contribution in [0.25, 0.3) is 28.1 Å². The summed E-state index contributed by atoms with van der Waals surface area (Å²) in [5, 5.41) is 11.5. The lowest BCUT2D eigenvalue weighted by atomic mass is 10.0. The number of hydrogen-bond acceptors (Lipinski definition) is 3. The van der Waals surface area contributed by atoms with Crippen LogP contribution >= 0.6 is 0 Å². The van der Waals surface area contributed by atoms with Crippen molar-refractivity contribution in [2.45, 2.75) is 32.3 Å². The van der Waals surface area contributed by atoms with Crippen molar-refractivity contribution in [3.05, 3.63) is 79.0 Å². The zero-order valence-electron chi connectivity index (χ0n) is 16.3. The molecule has 0 bridgehead atoms. The molecule has 0 radical (unpaired) electrons. The monoisotopic (exact) mass is 373 g/mol. The maximum absolute atomic E-state index is 9.28. The van der Waals surface area contributed by atoms with E-state index in [0.29, 0.717) is 6.61 Å². The Balaban J connectivity index is 1.68. The van der Waals surface area contributed by atoms with Gasteiger partial charge in [0.25, 0.3) is 0 Å². The second-order valence-corrected chi connectivity index (χ2v) is 6.98. The Kier molecular flexibility index (Phi) is 6.99. The smallest absolute Gasteiger partial charge is 0.120 e. The zero-order chi connectivity index (χ0) is 19.8. The average Bonchev–Trinajstić information content (AvgIpc) is 2.71. The average molecular weight is 373 g/mol. The first-order chi connectivity index (χ1) is 13.7. The maximum Gasteiger partial charge on any atom is 0.120 e. The van der Waals surface area contributed by atoms with E-state index in [1.165, 1.54) is 5.56 Å². The Morgan fingerprint density at radius 3 is 2.68 bits per heavy atom.